The molecule has 0 aliphatic carbocycles. The first kappa shape index (κ1) is 15.9. The summed E-state index contributed by atoms with van der Waals surface area (Å²) in [6.45, 7) is 13.5. The summed E-state index contributed by atoms with van der Waals surface area (Å²) < 4.78 is 11.3. The Hall–Kier alpha value is -0.160. The molecule has 4 heteroatoms. The number of morpholine rings is 1. The first-order chi connectivity index (χ1) is 8.48. The van der Waals surface area contributed by atoms with Crippen molar-refractivity contribution in [1.29, 1.82) is 0 Å². The van der Waals surface area contributed by atoms with Crippen LogP contribution < -0.4 is 5.32 Å². The number of hydrogen-bond acceptors (Lipinski definition) is 4. The van der Waals surface area contributed by atoms with Gasteiger partial charge in [0.1, 0.15) is 0 Å². The third-order valence-corrected chi connectivity index (χ3v) is 3.28. The van der Waals surface area contributed by atoms with Crippen LogP contribution in [0.3, 0.4) is 0 Å². The molecule has 0 bridgehead atoms. The molecule has 4 nitrogen and oxygen atoms in total. The van der Waals surface area contributed by atoms with E-state index in [-0.39, 0.29) is 5.60 Å². The minimum Gasteiger partial charge on any atom is -0.383 e. The fourth-order valence-electron chi connectivity index (χ4n) is 2.71. The summed E-state index contributed by atoms with van der Waals surface area (Å²) in [5.41, 5.74) is -0.0611. The second-order valence-corrected chi connectivity index (χ2v) is 5.93. The van der Waals surface area contributed by atoms with E-state index in [0.29, 0.717) is 12.1 Å². The van der Waals surface area contributed by atoms with Crippen LogP contribution in [-0.2, 0) is 9.47 Å². The van der Waals surface area contributed by atoms with Crippen LogP contribution in [0, 0.1) is 0 Å². The zero-order chi connectivity index (χ0) is 13.6. The molecule has 1 rings (SSSR count). The third kappa shape index (κ3) is 5.22. The SMILES string of the molecule is CCCNCC(COC)N1CC(C)OC(C)(C)C1. The van der Waals surface area contributed by atoms with E-state index in [1.807, 2.05) is 0 Å². The molecular formula is C14H30N2O2. The van der Waals surface area contributed by atoms with Gasteiger partial charge >= 0.3 is 0 Å². The van der Waals surface area contributed by atoms with E-state index in [1.54, 1.807) is 7.11 Å². The Bertz CT molecular complexity index is 234. The lowest BCUT2D eigenvalue weighted by molar-refractivity contribution is -0.141. The van der Waals surface area contributed by atoms with Gasteiger partial charge in [-0.15, -0.1) is 0 Å². The van der Waals surface area contributed by atoms with Gasteiger partial charge in [0.2, 0.25) is 0 Å². The van der Waals surface area contributed by atoms with E-state index in [0.717, 1.165) is 32.8 Å². The second kappa shape index (κ2) is 7.43. The molecule has 1 N–H and O–H groups in total. The van der Waals surface area contributed by atoms with Gasteiger partial charge in [-0.3, -0.25) is 4.90 Å². The van der Waals surface area contributed by atoms with Crippen molar-refractivity contribution in [1.82, 2.24) is 10.2 Å². The maximum Gasteiger partial charge on any atom is 0.0757 e. The van der Waals surface area contributed by atoms with Crippen molar-refractivity contribution in [2.75, 3.05) is 39.9 Å². The third-order valence-electron chi connectivity index (χ3n) is 3.28. The highest BCUT2D eigenvalue weighted by Gasteiger charge is 2.34. The number of rotatable bonds is 7. The summed E-state index contributed by atoms with van der Waals surface area (Å²) in [6, 6.07) is 0.437. The van der Waals surface area contributed by atoms with Gasteiger partial charge in [0.15, 0.2) is 0 Å². The molecule has 1 fully saturated rings. The van der Waals surface area contributed by atoms with E-state index >= 15 is 0 Å². The normalized spacial score (nSPS) is 26.2. The van der Waals surface area contributed by atoms with Crippen molar-refractivity contribution in [3.63, 3.8) is 0 Å². The van der Waals surface area contributed by atoms with E-state index in [2.05, 4.69) is 37.9 Å². The Labute approximate surface area is 112 Å². The van der Waals surface area contributed by atoms with Crippen LogP contribution >= 0.6 is 0 Å². The van der Waals surface area contributed by atoms with Crippen LogP contribution in [0.15, 0.2) is 0 Å². The smallest absolute Gasteiger partial charge is 0.0757 e. The lowest BCUT2D eigenvalue weighted by Crippen LogP contribution is -2.58. The fraction of sp³-hybridized carbons (Fsp3) is 1.00. The molecule has 0 aromatic rings. The van der Waals surface area contributed by atoms with Crippen molar-refractivity contribution >= 4 is 0 Å². The minimum absolute atomic E-state index is 0.0611. The number of nitrogens with zero attached hydrogens (tertiary/aromatic N) is 1. The second-order valence-electron chi connectivity index (χ2n) is 5.93. The largest absolute Gasteiger partial charge is 0.383 e. The summed E-state index contributed by atoms with van der Waals surface area (Å²) in [4.78, 5) is 2.50. The zero-order valence-corrected chi connectivity index (χ0v) is 12.7. The molecule has 0 aromatic heterocycles. The molecule has 2 unspecified atom stereocenters. The highest BCUT2D eigenvalue weighted by Crippen LogP contribution is 2.22. The molecule has 0 radical (unpaired) electrons. The van der Waals surface area contributed by atoms with E-state index < -0.39 is 0 Å². The predicted molar refractivity (Wildman–Crippen MR) is 75.0 cm³/mol. The lowest BCUT2D eigenvalue weighted by Gasteiger charge is -2.45. The maximum absolute atomic E-state index is 5.95. The van der Waals surface area contributed by atoms with Gasteiger partial charge in [0.25, 0.3) is 0 Å². The maximum atomic E-state index is 5.95. The van der Waals surface area contributed by atoms with Gasteiger partial charge in [0.05, 0.1) is 18.3 Å². The lowest BCUT2D eigenvalue weighted by atomic mass is 10.0. The molecule has 1 saturated heterocycles. The van der Waals surface area contributed by atoms with Crippen molar-refractivity contribution < 1.29 is 9.47 Å². The van der Waals surface area contributed by atoms with Gasteiger partial charge in [0, 0.05) is 32.8 Å². The number of nitrogens with one attached hydrogen (secondary N) is 1. The Morgan fingerprint density at radius 1 is 1.50 bits per heavy atom. The van der Waals surface area contributed by atoms with Crippen LogP contribution in [0.4, 0.5) is 0 Å². The highest BCUT2D eigenvalue weighted by molar-refractivity contribution is 4.87. The monoisotopic (exact) mass is 258 g/mol. The predicted octanol–water partition coefficient (Wildman–Crippen LogP) is 1.50. The van der Waals surface area contributed by atoms with Crippen molar-refractivity contribution in [3.8, 4) is 0 Å². The summed E-state index contributed by atoms with van der Waals surface area (Å²) in [5, 5.41) is 3.50. The van der Waals surface area contributed by atoms with E-state index in [9.17, 15) is 0 Å². The number of hydrogen-bond donors (Lipinski definition) is 1. The quantitative estimate of drug-likeness (QED) is 0.702. The molecule has 108 valence electrons. The van der Waals surface area contributed by atoms with Gasteiger partial charge < -0.3 is 14.8 Å². The van der Waals surface area contributed by atoms with Crippen LogP contribution in [0.2, 0.25) is 0 Å². The molecule has 0 aromatic carbocycles. The average Bonchev–Trinajstić information content (AvgIpc) is 2.25. The molecular weight excluding hydrogens is 228 g/mol. The molecule has 2 atom stereocenters. The minimum atomic E-state index is -0.0611. The summed E-state index contributed by atoms with van der Waals surface area (Å²) >= 11 is 0. The Kier molecular flexibility index (Phi) is 6.57. The zero-order valence-electron chi connectivity index (χ0n) is 12.7. The van der Waals surface area contributed by atoms with Gasteiger partial charge in [-0.05, 0) is 33.7 Å². The summed E-state index contributed by atoms with van der Waals surface area (Å²) in [5.74, 6) is 0. The molecule has 1 heterocycles. The average molecular weight is 258 g/mol. The van der Waals surface area contributed by atoms with Crippen LogP contribution in [0.5, 0.6) is 0 Å². The standard InChI is InChI=1S/C14H30N2O2/c1-6-7-15-8-13(10-17-5)16-9-12(2)18-14(3,4)11-16/h12-13,15H,6-11H2,1-5H3. The summed E-state index contributed by atoms with van der Waals surface area (Å²) in [7, 11) is 1.78. The van der Waals surface area contributed by atoms with Gasteiger partial charge in [-0.1, -0.05) is 6.92 Å². The van der Waals surface area contributed by atoms with Gasteiger partial charge in [-0.25, -0.2) is 0 Å². The number of methoxy groups -OCH3 is 1. The highest BCUT2D eigenvalue weighted by atomic mass is 16.5. The molecule has 0 amide bonds. The Morgan fingerprint density at radius 3 is 2.78 bits per heavy atom. The van der Waals surface area contributed by atoms with Crippen molar-refractivity contribution in [2.24, 2.45) is 0 Å². The van der Waals surface area contributed by atoms with Crippen molar-refractivity contribution in [3.05, 3.63) is 0 Å². The van der Waals surface area contributed by atoms with Gasteiger partial charge in [-0.2, -0.15) is 0 Å². The Morgan fingerprint density at radius 2 is 2.22 bits per heavy atom. The first-order valence-electron chi connectivity index (χ1n) is 7.10. The molecule has 1 aliphatic rings. The van der Waals surface area contributed by atoms with Crippen LogP contribution in [-0.4, -0.2) is 62.5 Å². The molecule has 0 saturated carbocycles. The number of ether oxygens (including phenoxy) is 2. The summed E-state index contributed by atoms with van der Waals surface area (Å²) in [6.07, 6.45) is 1.46. The van der Waals surface area contributed by atoms with Crippen LogP contribution in [0.25, 0.3) is 0 Å². The van der Waals surface area contributed by atoms with E-state index in [4.69, 9.17) is 9.47 Å². The van der Waals surface area contributed by atoms with Crippen molar-refractivity contribution in [2.45, 2.75) is 51.9 Å². The van der Waals surface area contributed by atoms with Crippen LogP contribution in [0.1, 0.15) is 34.1 Å². The fourth-order valence-corrected chi connectivity index (χ4v) is 2.71. The van der Waals surface area contributed by atoms with E-state index in [1.165, 1.54) is 6.42 Å². The Balaban J connectivity index is 2.54. The first-order valence-corrected chi connectivity index (χ1v) is 7.10. The topological polar surface area (TPSA) is 33.7 Å². The molecule has 0 spiro atoms. The molecule has 18 heavy (non-hydrogen) atoms. The molecule has 1 aliphatic heterocycles.